The molecule has 0 amide bonds. The number of ketones is 2. The molecule has 0 saturated carbocycles. The topological polar surface area (TPSA) is 34.1 Å². The molecular weight excluding hydrogens is 272 g/mol. The van der Waals surface area contributed by atoms with Crippen LogP contribution in [0.2, 0.25) is 0 Å². The molecule has 2 atom stereocenters. The van der Waals surface area contributed by atoms with Gasteiger partial charge in [-0.15, -0.1) is 0 Å². The van der Waals surface area contributed by atoms with Gasteiger partial charge in [0.05, 0.1) is 5.92 Å². The van der Waals surface area contributed by atoms with Crippen molar-refractivity contribution < 1.29 is 9.59 Å². The molecule has 2 unspecified atom stereocenters. The van der Waals surface area contributed by atoms with E-state index >= 15 is 0 Å². The van der Waals surface area contributed by atoms with Gasteiger partial charge in [-0.25, -0.2) is 0 Å². The Morgan fingerprint density at radius 1 is 0.864 bits per heavy atom. The molecule has 0 saturated heterocycles. The van der Waals surface area contributed by atoms with Crippen molar-refractivity contribution in [2.75, 3.05) is 0 Å². The van der Waals surface area contributed by atoms with E-state index in [0.29, 0.717) is 12.8 Å². The summed E-state index contributed by atoms with van der Waals surface area (Å²) in [5.41, 5.74) is 4.09. The Hall–Kier alpha value is -2.22. The molecule has 4 rings (SSSR count). The Morgan fingerprint density at radius 2 is 1.50 bits per heavy atom. The van der Waals surface area contributed by atoms with Crippen LogP contribution in [0.5, 0.6) is 0 Å². The molecule has 0 aromatic heterocycles. The molecule has 2 nitrogen and oxygen atoms in total. The third kappa shape index (κ3) is 2.19. The maximum Gasteiger partial charge on any atom is 0.163 e. The molecule has 0 fully saturated rings. The van der Waals surface area contributed by atoms with Crippen LogP contribution in [0.4, 0.5) is 0 Å². The van der Waals surface area contributed by atoms with Gasteiger partial charge in [0.2, 0.25) is 0 Å². The number of hydrogen-bond donors (Lipinski definition) is 0. The van der Waals surface area contributed by atoms with Crippen molar-refractivity contribution in [1.29, 1.82) is 0 Å². The molecule has 112 valence electrons. The molecule has 0 N–H and O–H groups in total. The summed E-state index contributed by atoms with van der Waals surface area (Å²) < 4.78 is 0. The van der Waals surface area contributed by atoms with Gasteiger partial charge in [-0.3, -0.25) is 9.59 Å². The zero-order chi connectivity index (χ0) is 15.7. The summed E-state index contributed by atoms with van der Waals surface area (Å²) in [6.45, 7) is 4.00. The summed E-state index contributed by atoms with van der Waals surface area (Å²) in [4.78, 5) is 24.6. The van der Waals surface area contributed by atoms with Gasteiger partial charge >= 0.3 is 0 Å². The molecule has 2 aliphatic rings. The average molecular weight is 292 g/mol. The second-order valence-electron chi connectivity index (χ2n) is 5.64. The lowest BCUT2D eigenvalue weighted by Crippen LogP contribution is -2.14. The van der Waals surface area contributed by atoms with Crippen LogP contribution >= 0.6 is 0 Å². The van der Waals surface area contributed by atoms with E-state index in [0.717, 1.165) is 22.3 Å². The fourth-order valence-electron chi connectivity index (χ4n) is 3.70. The van der Waals surface area contributed by atoms with Gasteiger partial charge in [0.1, 0.15) is 5.78 Å². The molecule has 0 bridgehead atoms. The zero-order valence-corrected chi connectivity index (χ0v) is 13.0. The van der Waals surface area contributed by atoms with E-state index in [1.165, 1.54) is 0 Å². The first-order valence-electron chi connectivity index (χ1n) is 7.98. The van der Waals surface area contributed by atoms with Crippen LogP contribution in [-0.2, 0) is 11.2 Å². The molecule has 0 radical (unpaired) electrons. The third-order valence-corrected chi connectivity index (χ3v) is 4.57. The number of rotatable bonds is 1. The number of fused-ring (bicyclic) bond motifs is 2. The summed E-state index contributed by atoms with van der Waals surface area (Å²) in [5, 5.41) is 0. The van der Waals surface area contributed by atoms with E-state index in [-0.39, 0.29) is 23.4 Å². The predicted octanol–water partition coefficient (Wildman–Crippen LogP) is 4.29. The van der Waals surface area contributed by atoms with E-state index < -0.39 is 0 Å². The van der Waals surface area contributed by atoms with Gasteiger partial charge < -0.3 is 0 Å². The van der Waals surface area contributed by atoms with E-state index in [4.69, 9.17) is 0 Å². The lowest BCUT2D eigenvalue weighted by atomic mass is 9.83. The second-order valence-corrected chi connectivity index (χ2v) is 5.64. The van der Waals surface area contributed by atoms with Gasteiger partial charge in [0.25, 0.3) is 0 Å². The Balaban J connectivity index is 0.000000693. The average Bonchev–Trinajstić information content (AvgIpc) is 3.06. The van der Waals surface area contributed by atoms with Gasteiger partial charge in [-0.2, -0.15) is 0 Å². The van der Waals surface area contributed by atoms with Crippen molar-refractivity contribution in [3.8, 4) is 0 Å². The fourth-order valence-corrected chi connectivity index (χ4v) is 3.70. The van der Waals surface area contributed by atoms with Crippen LogP contribution in [0.25, 0.3) is 0 Å². The molecule has 2 aliphatic carbocycles. The molecule has 0 spiro atoms. The van der Waals surface area contributed by atoms with Crippen LogP contribution in [0.3, 0.4) is 0 Å². The number of carbonyl (C=O) groups is 2. The normalized spacial score (nSPS) is 21.9. The molecule has 2 heteroatoms. The lowest BCUT2D eigenvalue weighted by Gasteiger charge is -2.18. The maximum atomic E-state index is 12.4. The summed E-state index contributed by atoms with van der Waals surface area (Å²) in [6.07, 6.45) is 0.970. The van der Waals surface area contributed by atoms with Gasteiger partial charge in [-0.05, 0) is 16.7 Å². The Bertz CT molecular complexity index is 730. The highest BCUT2D eigenvalue weighted by Crippen LogP contribution is 2.47. The molecule has 2 aromatic carbocycles. The minimum Gasteiger partial charge on any atom is -0.299 e. The Labute approximate surface area is 131 Å². The van der Waals surface area contributed by atoms with Crippen LogP contribution in [0.15, 0.2) is 48.5 Å². The lowest BCUT2D eigenvalue weighted by molar-refractivity contribution is -0.119. The first-order chi connectivity index (χ1) is 10.8. The minimum absolute atomic E-state index is 0.0230. The fraction of sp³-hybridized carbons (Fsp3) is 0.300. The van der Waals surface area contributed by atoms with E-state index in [9.17, 15) is 9.59 Å². The SMILES string of the molecule is CC.O=C1CC(C2C(=O)Cc3ccccc32)c2ccccc21. The van der Waals surface area contributed by atoms with Gasteiger partial charge in [-0.1, -0.05) is 62.4 Å². The summed E-state index contributed by atoms with van der Waals surface area (Å²) >= 11 is 0. The minimum atomic E-state index is -0.140. The predicted molar refractivity (Wildman–Crippen MR) is 87.4 cm³/mol. The van der Waals surface area contributed by atoms with Crippen molar-refractivity contribution in [2.45, 2.75) is 38.5 Å². The highest BCUT2D eigenvalue weighted by Gasteiger charge is 2.42. The maximum absolute atomic E-state index is 12.4. The second kappa shape index (κ2) is 5.88. The quantitative estimate of drug-likeness (QED) is 0.785. The van der Waals surface area contributed by atoms with Crippen molar-refractivity contribution in [2.24, 2.45) is 0 Å². The first-order valence-corrected chi connectivity index (χ1v) is 7.98. The van der Waals surface area contributed by atoms with Gasteiger partial charge in [0.15, 0.2) is 5.78 Å². The number of carbonyl (C=O) groups excluding carboxylic acids is 2. The van der Waals surface area contributed by atoms with Crippen LogP contribution < -0.4 is 0 Å². The summed E-state index contributed by atoms with van der Waals surface area (Å²) in [5.74, 6) is 0.303. The molecular formula is C20H20O2. The van der Waals surface area contributed by atoms with E-state index in [1.54, 1.807) is 0 Å². The zero-order valence-electron chi connectivity index (χ0n) is 13.0. The van der Waals surface area contributed by atoms with Gasteiger partial charge in [0, 0.05) is 24.3 Å². The largest absolute Gasteiger partial charge is 0.299 e. The summed E-state index contributed by atoms with van der Waals surface area (Å²) in [7, 11) is 0. The van der Waals surface area contributed by atoms with Crippen molar-refractivity contribution in [3.63, 3.8) is 0 Å². The Morgan fingerprint density at radius 3 is 2.27 bits per heavy atom. The van der Waals surface area contributed by atoms with Crippen molar-refractivity contribution >= 4 is 11.6 Å². The first kappa shape index (κ1) is 14.7. The third-order valence-electron chi connectivity index (χ3n) is 4.57. The monoisotopic (exact) mass is 292 g/mol. The smallest absolute Gasteiger partial charge is 0.163 e. The van der Waals surface area contributed by atoms with Crippen LogP contribution in [-0.4, -0.2) is 11.6 Å². The van der Waals surface area contributed by atoms with Crippen LogP contribution in [0, 0.1) is 0 Å². The molecule has 2 aromatic rings. The van der Waals surface area contributed by atoms with E-state index in [2.05, 4.69) is 0 Å². The Kier molecular flexibility index (Phi) is 3.93. The van der Waals surface area contributed by atoms with Crippen molar-refractivity contribution in [3.05, 3.63) is 70.8 Å². The molecule has 0 aliphatic heterocycles. The molecule has 22 heavy (non-hydrogen) atoms. The number of hydrogen-bond acceptors (Lipinski definition) is 2. The highest BCUT2D eigenvalue weighted by molar-refractivity contribution is 6.03. The number of benzene rings is 2. The molecule has 0 heterocycles. The van der Waals surface area contributed by atoms with Crippen molar-refractivity contribution in [1.82, 2.24) is 0 Å². The number of Topliss-reactive ketones (excluding diaryl/α,β-unsaturated/α-hetero) is 2. The van der Waals surface area contributed by atoms with E-state index in [1.807, 2.05) is 62.4 Å². The highest BCUT2D eigenvalue weighted by atomic mass is 16.1. The standard InChI is InChI=1S/C18H14O2.C2H6/c19-16-10-15(13-7-3-4-8-14(13)16)18-12-6-2-1-5-11(12)9-17(18)20;1-2/h1-8,15,18H,9-10H2;1-2H3. The summed E-state index contributed by atoms with van der Waals surface area (Å²) in [6, 6.07) is 15.7. The van der Waals surface area contributed by atoms with Crippen LogP contribution in [0.1, 0.15) is 59.2 Å².